The second-order valence-corrected chi connectivity index (χ2v) is 7.51. The minimum absolute atomic E-state index is 0.170. The van der Waals surface area contributed by atoms with E-state index in [1.54, 1.807) is 0 Å². The predicted molar refractivity (Wildman–Crippen MR) is 78.0 cm³/mol. The molecule has 4 heteroatoms. The zero-order valence-corrected chi connectivity index (χ0v) is 12.8. The smallest absolute Gasteiger partial charge is 0.0838 e. The molecule has 5 unspecified atom stereocenters. The Morgan fingerprint density at radius 1 is 0.857 bits per heavy atom. The minimum Gasteiger partial charge on any atom is -0.393 e. The molecule has 0 amide bonds. The van der Waals surface area contributed by atoms with Crippen molar-refractivity contribution in [2.24, 2.45) is 17.8 Å². The summed E-state index contributed by atoms with van der Waals surface area (Å²) < 4.78 is 17.0. The Hall–Kier alpha value is -0.160. The Bertz CT molecular complexity index is 345. The first-order chi connectivity index (χ1) is 10.3. The van der Waals surface area contributed by atoms with Crippen molar-refractivity contribution < 1.29 is 19.3 Å². The van der Waals surface area contributed by atoms with Gasteiger partial charge in [0.1, 0.15) is 0 Å². The van der Waals surface area contributed by atoms with Crippen LogP contribution in [0.2, 0.25) is 0 Å². The van der Waals surface area contributed by atoms with Crippen LogP contribution in [0.3, 0.4) is 0 Å². The first-order valence-corrected chi connectivity index (χ1v) is 8.82. The Balaban J connectivity index is 1.20. The lowest BCUT2D eigenvalue weighted by atomic mass is 9.78. The molecule has 2 aliphatic heterocycles. The minimum atomic E-state index is -0.170. The van der Waals surface area contributed by atoms with E-state index in [1.165, 1.54) is 25.7 Å². The van der Waals surface area contributed by atoms with E-state index < -0.39 is 0 Å². The van der Waals surface area contributed by atoms with Crippen LogP contribution in [0.25, 0.3) is 0 Å². The number of hydrogen-bond acceptors (Lipinski definition) is 4. The fourth-order valence-corrected chi connectivity index (χ4v) is 4.34. The highest BCUT2D eigenvalue weighted by atomic mass is 16.6. The summed E-state index contributed by atoms with van der Waals surface area (Å²) in [7, 11) is 0. The number of epoxide rings is 2. The van der Waals surface area contributed by atoms with Gasteiger partial charge in [-0.1, -0.05) is 0 Å². The second kappa shape index (κ2) is 6.15. The molecular weight excluding hydrogens is 268 g/mol. The van der Waals surface area contributed by atoms with Crippen LogP contribution in [0.1, 0.15) is 44.9 Å². The average Bonchev–Trinajstić information content (AvgIpc) is 3.40. The standard InChI is InChI=1S/C17H28O4/c18-15-6-3-12(17-10-21-17)7-13(15)8-19-14-4-1-11(2-5-14)16-9-20-16/h11-18H,1-10H2. The summed E-state index contributed by atoms with van der Waals surface area (Å²) in [5, 5.41) is 10.2. The lowest BCUT2D eigenvalue weighted by molar-refractivity contribution is -0.0520. The summed E-state index contributed by atoms with van der Waals surface area (Å²) in [6.45, 7) is 2.65. The number of ether oxygens (including phenoxy) is 3. The van der Waals surface area contributed by atoms with Crippen molar-refractivity contribution in [2.45, 2.75) is 69.4 Å². The van der Waals surface area contributed by atoms with E-state index in [1.807, 2.05) is 0 Å². The van der Waals surface area contributed by atoms with Crippen molar-refractivity contribution in [1.29, 1.82) is 0 Å². The number of hydrogen-bond donors (Lipinski definition) is 1. The summed E-state index contributed by atoms with van der Waals surface area (Å²) in [6, 6.07) is 0. The highest BCUT2D eigenvalue weighted by Crippen LogP contribution is 2.38. The largest absolute Gasteiger partial charge is 0.393 e. The summed E-state index contributed by atoms with van der Waals surface area (Å²) in [4.78, 5) is 0. The SMILES string of the molecule is OC1CCC(C2CO2)CC1COC1CCC(C2CO2)CC1. The van der Waals surface area contributed by atoms with E-state index in [9.17, 15) is 5.11 Å². The van der Waals surface area contributed by atoms with Crippen molar-refractivity contribution in [1.82, 2.24) is 0 Å². The van der Waals surface area contributed by atoms with Crippen molar-refractivity contribution in [3.63, 3.8) is 0 Å². The monoisotopic (exact) mass is 296 g/mol. The summed E-state index contributed by atoms with van der Waals surface area (Å²) >= 11 is 0. The maximum Gasteiger partial charge on any atom is 0.0838 e. The van der Waals surface area contributed by atoms with Crippen LogP contribution < -0.4 is 0 Å². The van der Waals surface area contributed by atoms with E-state index in [2.05, 4.69) is 0 Å². The molecule has 0 spiro atoms. The zero-order valence-electron chi connectivity index (χ0n) is 12.8. The molecule has 0 aromatic rings. The van der Waals surface area contributed by atoms with Crippen LogP contribution >= 0.6 is 0 Å². The molecular formula is C17H28O4. The molecule has 4 rings (SSSR count). The zero-order chi connectivity index (χ0) is 14.2. The number of aliphatic hydroxyl groups excluding tert-OH is 1. The molecule has 0 aromatic heterocycles. The van der Waals surface area contributed by atoms with Gasteiger partial charge in [0.25, 0.3) is 0 Å². The Kier molecular flexibility index (Phi) is 4.23. The molecule has 5 atom stereocenters. The van der Waals surface area contributed by atoms with Gasteiger partial charge in [0, 0.05) is 5.92 Å². The van der Waals surface area contributed by atoms with Gasteiger partial charge >= 0.3 is 0 Å². The van der Waals surface area contributed by atoms with Gasteiger partial charge in [-0.15, -0.1) is 0 Å². The fourth-order valence-electron chi connectivity index (χ4n) is 4.34. The predicted octanol–water partition coefficient (Wildman–Crippen LogP) is 2.14. The lowest BCUT2D eigenvalue weighted by Gasteiger charge is -2.34. The van der Waals surface area contributed by atoms with E-state index >= 15 is 0 Å². The molecule has 2 saturated carbocycles. The second-order valence-electron chi connectivity index (χ2n) is 7.51. The molecule has 0 bridgehead atoms. The molecule has 2 aliphatic carbocycles. The summed E-state index contributed by atoms with van der Waals surface area (Å²) in [6.07, 6.45) is 9.24. The van der Waals surface area contributed by atoms with Crippen LogP contribution in [0.5, 0.6) is 0 Å². The fraction of sp³-hybridized carbons (Fsp3) is 1.00. The molecule has 2 heterocycles. The Morgan fingerprint density at radius 3 is 2.14 bits per heavy atom. The van der Waals surface area contributed by atoms with Gasteiger partial charge in [0.15, 0.2) is 0 Å². The van der Waals surface area contributed by atoms with Gasteiger partial charge in [-0.3, -0.25) is 0 Å². The topological polar surface area (TPSA) is 54.5 Å². The first kappa shape index (κ1) is 14.4. The number of rotatable bonds is 5. The first-order valence-electron chi connectivity index (χ1n) is 8.82. The van der Waals surface area contributed by atoms with Gasteiger partial charge in [-0.2, -0.15) is 0 Å². The highest BCUT2D eigenvalue weighted by molar-refractivity contribution is 4.88. The molecule has 4 aliphatic rings. The molecule has 4 nitrogen and oxygen atoms in total. The summed E-state index contributed by atoms with van der Waals surface area (Å²) in [5.74, 6) is 1.75. The van der Waals surface area contributed by atoms with Gasteiger partial charge in [0.05, 0.1) is 44.2 Å². The van der Waals surface area contributed by atoms with Gasteiger partial charge in [-0.05, 0) is 56.8 Å². The van der Waals surface area contributed by atoms with Crippen molar-refractivity contribution in [3.8, 4) is 0 Å². The third-order valence-corrected chi connectivity index (χ3v) is 6.02. The van der Waals surface area contributed by atoms with E-state index in [4.69, 9.17) is 14.2 Å². The lowest BCUT2D eigenvalue weighted by Crippen LogP contribution is -2.36. The van der Waals surface area contributed by atoms with E-state index in [0.717, 1.165) is 45.0 Å². The maximum absolute atomic E-state index is 10.2. The molecule has 4 fully saturated rings. The van der Waals surface area contributed by atoms with E-state index in [0.29, 0.717) is 30.1 Å². The quantitative estimate of drug-likeness (QED) is 0.790. The van der Waals surface area contributed by atoms with Gasteiger partial charge < -0.3 is 19.3 Å². The molecule has 0 radical (unpaired) electrons. The van der Waals surface area contributed by atoms with Crippen LogP contribution in [0.4, 0.5) is 0 Å². The normalized spacial score (nSPS) is 49.9. The van der Waals surface area contributed by atoms with E-state index in [-0.39, 0.29) is 6.10 Å². The highest BCUT2D eigenvalue weighted by Gasteiger charge is 2.40. The third-order valence-electron chi connectivity index (χ3n) is 6.02. The van der Waals surface area contributed by atoms with Crippen LogP contribution in [0, 0.1) is 17.8 Å². The van der Waals surface area contributed by atoms with Crippen LogP contribution in [-0.4, -0.2) is 49.3 Å². The van der Waals surface area contributed by atoms with Crippen LogP contribution in [0.15, 0.2) is 0 Å². The number of aliphatic hydroxyl groups is 1. The molecule has 1 N–H and O–H groups in total. The van der Waals surface area contributed by atoms with Crippen molar-refractivity contribution >= 4 is 0 Å². The Morgan fingerprint density at radius 2 is 1.48 bits per heavy atom. The summed E-state index contributed by atoms with van der Waals surface area (Å²) in [5.41, 5.74) is 0. The molecule has 2 saturated heterocycles. The average molecular weight is 296 g/mol. The van der Waals surface area contributed by atoms with Gasteiger partial charge in [0.2, 0.25) is 0 Å². The van der Waals surface area contributed by atoms with Crippen LogP contribution in [-0.2, 0) is 14.2 Å². The molecule has 21 heavy (non-hydrogen) atoms. The molecule has 0 aromatic carbocycles. The maximum atomic E-state index is 10.2. The van der Waals surface area contributed by atoms with Crippen molar-refractivity contribution in [2.75, 3.05) is 19.8 Å². The van der Waals surface area contributed by atoms with Crippen molar-refractivity contribution in [3.05, 3.63) is 0 Å². The Labute approximate surface area is 127 Å². The molecule has 120 valence electrons. The third kappa shape index (κ3) is 3.61. The van der Waals surface area contributed by atoms with Gasteiger partial charge in [-0.25, -0.2) is 0 Å².